The first kappa shape index (κ1) is 13.9. The quantitative estimate of drug-likeness (QED) is 0.660. The van der Waals surface area contributed by atoms with E-state index in [1.54, 1.807) is 0 Å². The van der Waals surface area contributed by atoms with E-state index in [-0.39, 0.29) is 0 Å². The van der Waals surface area contributed by atoms with Crippen LogP contribution in [0.3, 0.4) is 0 Å². The molecule has 0 spiro atoms. The third kappa shape index (κ3) is 3.96. The predicted molar refractivity (Wildman–Crippen MR) is 83.8 cm³/mol. The fourth-order valence-corrected chi connectivity index (χ4v) is 2.51. The summed E-state index contributed by atoms with van der Waals surface area (Å²) in [6, 6.07) is 18.0. The van der Waals surface area contributed by atoms with E-state index in [1.807, 2.05) is 0 Å². The van der Waals surface area contributed by atoms with Crippen LogP contribution in [0.5, 0.6) is 0 Å². The molecule has 0 aliphatic rings. The smallest absolute Gasteiger partial charge is 0.00258 e. The topological polar surface area (TPSA) is 0 Å². The molecule has 0 saturated heterocycles. The van der Waals surface area contributed by atoms with Gasteiger partial charge in [0.15, 0.2) is 0 Å². The molecular weight excluding hydrogens is 228 g/mol. The molecule has 0 aliphatic heterocycles. The SMILES string of the molecule is CCCC(C)c1ccc(Cc2ccc(C)cc2)cc1. The molecule has 0 fully saturated rings. The van der Waals surface area contributed by atoms with Crippen molar-refractivity contribution >= 4 is 0 Å². The summed E-state index contributed by atoms with van der Waals surface area (Å²) in [5.41, 5.74) is 5.58. The fraction of sp³-hybridized carbons (Fsp3) is 0.368. The number of aryl methyl sites for hydroxylation is 1. The van der Waals surface area contributed by atoms with Crippen LogP contribution in [-0.2, 0) is 6.42 Å². The van der Waals surface area contributed by atoms with E-state index >= 15 is 0 Å². The molecule has 0 bridgehead atoms. The minimum atomic E-state index is 0.679. The molecule has 0 radical (unpaired) electrons. The third-order valence-electron chi connectivity index (χ3n) is 3.80. The van der Waals surface area contributed by atoms with Crippen molar-refractivity contribution in [3.05, 3.63) is 70.8 Å². The molecule has 19 heavy (non-hydrogen) atoms. The van der Waals surface area contributed by atoms with Crippen molar-refractivity contribution < 1.29 is 0 Å². The van der Waals surface area contributed by atoms with E-state index in [1.165, 1.54) is 35.1 Å². The first-order valence-corrected chi connectivity index (χ1v) is 7.33. The summed E-state index contributed by atoms with van der Waals surface area (Å²) >= 11 is 0. The van der Waals surface area contributed by atoms with Crippen molar-refractivity contribution in [3.63, 3.8) is 0 Å². The van der Waals surface area contributed by atoms with Gasteiger partial charge in [-0.05, 0) is 42.4 Å². The van der Waals surface area contributed by atoms with E-state index in [0.717, 1.165) is 6.42 Å². The Morgan fingerprint density at radius 3 is 1.89 bits per heavy atom. The second kappa shape index (κ2) is 6.56. The molecule has 2 rings (SSSR count). The zero-order chi connectivity index (χ0) is 13.7. The number of rotatable bonds is 5. The van der Waals surface area contributed by atoms with Gasteiger partial charge < -0.3 is 0 Å². The van der Waals surface area contributed by atoms with Gasteiger partial charge in [-0.15, -0.1) is 0 Å². The summed E-state index contributed by atoms with van der Waals surface area (Å²) < 4.78 is 0. The highest BCUT2D eigenvalue weighted by molar-refractivity contribution is 5.31. The molecule has 2 aromatic carbocycles. The normalized spacial score (nSPS) is 12.4. The lowest BCUT2D eigenvalue weighted by molar-refractivity contribution is 0.665. The summed E-state index contributed by atoms with van der Waals surface area (Å²) in [4.78, 5) is 0. The van der Waals surface area contributed by atoms with Crippen LogP contribution in [-0.4, -0.2) is 0 Å². The van der Waals surface area contributed by atoms with Crippen molar-refractivity contribution in [2.45, 2.75) is 46.0 Å². The maximum Gasteiger partial charge on any atom is -0.00258 e. The molecule has 0 heterocycles. The van der Waals surface area contributed by atoms with E-state index in [9.17, 15) is 0 Å². The van der Waals surface area contributed by atoms with Gasteiger partial charge >= 0.3 is 0 Å². The minimum Gasteiger partial charge on any atom is -0.0654 e. The van der Waals surface area contributed by atoms with Crippen molar-refractivity contribution in [3.8, 4) is 0 Å². The van der Waals surface area contributed by atoms with Gasteiger partial charge in [0.25, 0.3) is 0 Å². The highest BCUT2D eigenvalue weighted by Crippen LogP contribution is 2.21. The Labute approximate surface area is 117 Å². The molecule has 0 amide bonds. The lowest BCUT2D eigenvalue weighted by Gasteiger charge is -2.11. The van der Waals surface area contributed by atoms with Crippen LogP contribution in [0.25, 0.3) is 0 Å². The maximum absolute atomic E-state index is 2.32. The number of hydrogen-bond acceptors (Lipinski definition) is 0. The molecule has 0 nitrogen and oxygen atoms in total. The van der Waals surface area contributed by atoms with Crippen molar-refractivity contribution in [1.29, 1.82) is 0 Å². The fourth-order valence-electron chi connectivity index (χ4n) is 2.51. The Hall–Kier alpha value is -1.56. The highest BCUT2D eigenvalue weighted by atomic mass is 14.1. The van der Waals surface area contributed by atoms with Crippen LogP contribution in [0.15, 0.2) is 48.5 Å². The third-order valence-corrected chi connectivity index (χ3v) is 3.80. The van der Waals surface area contributed by atoms with Gasteiger partial charge in [-0.25, -0.2) is 0 Å². The van der Waals surface area contributed by atoms with Crippen LogP contribution in [0.1, 0.15) is 54.9 Å². The molecular formula is C19H24. The Bertz CT molecular complexity index is 491. The number of hydrogen-bond donors (Lipinski definition) is 0. The van der Waals surface area contributed by atoms with E-state index in [0.29, 0.717) is 5.92 Å². The first-order valence-electron chi connectivity index (χ1n) is 7.33. The summed E-state index contributed by atoms with van der Waals surface area (Å²) in [5, 5.41) is 0. The average Bonchev–Trinajstić information content (AvgIpc) is 2.42. The van der Waals surface area contributed by atoms with Gasteiger partial charge in [-0.3, -0.25) is 0 Å². The van der Waals surface area contributed by atoms with Crippen LogP contribution < -0.4 is 0 Å². The summed E-state index contributed by atoms with van der Waals surface area (Å²) in [7, 11) is 0. The second-order valence-corrected chi connectivity index (χ2v) is 5.59. The molecule has 0 saturated carbocycles. The monoisotopic (exact) mass is 252 g/mol. The molecule has 0 aliphatic carbocycles. The van der Waals surface area contributed by atoms with Crippen LogP contribution in [0.4, 0.5) is 0 Å². The Morgan fingerprint density at radius 2 is 1.37 bits per heavy atom. The van der Waals surface area contributed by atoms with Gasteiger partial charge in [-0.2, -0.15) is 0 Å². The van der Waals surface area contributed by atoms with E-state index < -0.39 is 0 Å². The molecule has 0 aromatic heterocycles. The standard InChI is InChI=1S/C19H24/c1-4-5-16(3)19-12-10-18(11-13-19)14-17-8-6-15(2)7-9-17/h6-13,16H,4-5,14H2,1-3H3. The summed E-state index contributed by atoms with van der Waals surface area (Å²) in [6.07, 6.45) is 3.56. The van der Waals surface area contributed by atoms with Gasteiger partial charge in [0.2, 0.25) is 0 Å². The van der Waals surface area contributed by atoms with Gasteiger partial charge in [0.05, 0.1) is 0 Å². The lowest BCUT2D eigenvalue weighted by Crippen LogP contribution is -1.94. The van der Waals surface area contributed by atoms with Gasteiger partial charge in [0.1, 0.15) is 0 Å². The highest BCUT2D eigenvalue weighted by Gasteiger charge is 2.04. The van der Waals surface area contributed by atoms with E-state index in [4.69, 9.17) is 0 Å². The second-order valence-electron chi connectivity index (χ2n) is 5.59. The van der Waals surface area contributed by atoms with Crippen molar-refractivity contribution in [2.75, 3.05) is 0 Å². The van der Waals surface area contributed by atoms with Crippen molar-refractivity contribution in [1.82, 2.24) is 0 Å². The zero-order valence-electron chi connectivity index (χ0n) is 12.3. The Balaban J connectivity index is 2.04. The Kier molecular flexibility index (Phi) is 4.79. The van der Waals surface area contributed by atoms with Gasteiger partial charge in [0, 0.05) is 0 Å². The first-order chi connectivity index (χ1) is 9.19. The summed E-state index contributed by atoms with van der Waals surface area (Å²) in [6.45, 7) is 6.70. The lowest BCUT2D eigenvalue weighted by atomic mass is 9.94. The average molecular weight is 252 g/mol. The molecule has 100 valence electrons. The maximum atomic E-state index is 2.32. The molecule has 0 heteroatoms. The molecule has 2 aromatic rings. The molecule has 1 unspecified atom stereocenters. The van der Waals surface area contributed by atoms with Gasteiger partial charge in [-0.1, -0.05) is 74.4 Å². The molecule has 0 N–H and O–H groups in total. The number of benzene rings is 2. The summed E-state index contributed by atoms with van der Waals surface area (Å²) in [5.74, 6) is 0.679. The van der Waals surface area contributed by atoms with Crippen LogP contribution >= 0.6 is 0 Å². The molecule has 1 atom stereocenters. The minimum absolute atomic E-state index is 0.679. The van der Waals surface area contributed by atoms with E-state index in [2.05, 4.69) is 69.3 Å². The predicted octanol–water partition coefficient (Wildman–Crippen LogP) is 5.49. The Morgan fingerprint density at radius 1 is 0.842 bits per heavy atom. The largest absolute Gasteiger partial charge is 0.0654 e. The zero-order valence-corrected chi connectivity index (χ0v) is 12.3. The van der Waals surface area contributed by atoms with Crippen LogP contribution in [0.2, 0.25) is 0 Å². The van der Waals surface area contributed by atoms with Crippen molar-refractivity contribution in [2.24, 2.45) is 0 Å². The van der Waals surface area contributed by atoms with Crippen LogP contribution in [0, 0.1) is 6.92 Å².